The molecule has 1 saturated heterocycles. The summed E-state index contributed by atoms with van der Waals surface area (Å²) in [7, 11) is 0. The lowest BCUT2D eigenvalue weighted by molar-refractivity contribution is -0.384. The number of non-ortho nitro benzene ring substituents is 1. The van der Waals surface area contributed by atoms with E-state index in [1.54, 1.807) is 0 Å². The van der Waals surface area contributed by atoms with Crippen LogP contribution in [-0.2, 0) is 19.1 Å². The molecule has 10 nitrogen and oxygen atoms in total. The molecular weight excluding hydrogens is 394 g/mol. The quantitative estimate of drug-likeness (QED) is 0.365. The Bertz CT molecular complexity index is 779. The van der Waals surface area contributed by atoms with Crippen molar-refractivity contribution >= 4 is 23.5 Å². The van der Waals surface area contributed by atoms with E-state index in [1.807, 2.05) is 13.8 Å². The topological polar surface area (TPSA) is 128 Å². The van der Waals surface area contributed by atoms with E-state index >= 15 is 0 Å². The van der Waals surface area contributed by atoms with Crippen molar-refractivity contribution in [1.82, 2.24) is 10.2 Å². The van der Waals surface area contributed by atoms with E-state index in [1.165, 1.54) is 36.1 Å². The van der Waals surface area contributed by atoms with Gasteiger partial charge in [-0.15, -0.1) is 0 Å². The van der Waals surface area contributed by atoms with E-state index in [4.69, 9.17) is 9.47 Å². The number of nitro groups is 1. The molecule has 2 atom stereocenters. The molecule has 0 spiro atoms. The molecule has 1 aromatic rings. The molecule has 1 aromatic carbocycles. The standard InChI is InChI=1S/C20H27N3O7/c1-13(2)8-11-29-18(24)12-17-19(25)21-9-10-22(17)20(26)14(3)30-16-6-4-15(5-7-16)23(27)28/h4-7,13-14,17H,8-12H2,1-3H3,(H,21,25). The van der Waals surface area contributed by atoms with Crippen molar-refractivity contribution in [3.8, 4) is 5.75 Å². The fraction of sp³-hybridized carbons (Fsp3) is 0.550. The molecule has 30 heavy (non-hydrogen) atoms. The van der Waals surface area contributed by atoms with Gasteiger partial charge in [-0.25, -0.2) is 0 Å². The third-order valence-electron chi connectivity index (χ3n) is 4.64. The van der Waals surface area contributed by atoms with Gasteiger partial charge in [0.25, 0.3) is 11.6 Å². The number of carbonyl (C=O) groups excluding carboxylic acids is 3. The van der Waals surface area contributed by atoms with Gasteiger partial charge in [0.05, 0.1) is 18.0 Å². The average Bonchev–Trinajstić information content (AvgIpc) is 2.69. The summed E-state index contributed by atoms with van der Waals surface area (Å²) >= 11 is 0. The number of benzene rings is 1. The maximum absolute atomic E-state index is 12.9. The van der Waals surface area contributed by atoms with Crippen LogP contribution >= 0.6 is 0 Å². The van der Waals surface area contributed by atoms with E-state index in [0.29, 0.717) is 12.3 Å². The Hall–Kier alpha value is -3.17. The molecule has 164 valence electrons. The summed E-state index contributed by atoms with van der Waals surface area (Å²) in [5.74, 6) is -0.751. The van der Waals surface area contributed by atoms with Crippen LogP contribution in [0.25, 0.3) is 0 Å². The number of hydrogen-bond donors (Lipinski definition) is 1. The second kappa shape index (κ2) is 10.6. The minimum Gasteiger partial charge on any atom is -0.481 e. The molecule has 1 aliphatic rings. The Morgan fingerprint density at radius 3 is 2.53 bits per heavy atom. The fourth-order valence-corrected chi connectivity index (χ4v) is 2.94. The van der Waals surface area contributed by atoms with Gasteiger partial charge in [0, 0.05) is 25.2 Å². The first-order chi connectivity index (χ1) is 14.2. The molecule has 1 heterocycles. The van der Waals surface area contributed by atoms with Gasteiger partial charge >= 0.3 is 5.97 Å². The molecule has 1 fully saturated rings. The summed E-state index contributed by atoms with van der Waals surface area (Å²) in [6, 6.07) is 4.37. The van der Waals surface area contributed by atoms with Gasteiger partial charge in [0.2, 0.25) is 5.91 Å². The molecule has 0 aliphatic carbocycles. The molecule has 1 N–H and O–H groups in total. The molecule has 0 saturated carbocycles. The molecular formula is C20H27N3O7. The summed E-state index contributed by atoms with van der Waals surface area (Å²) in [6.45, 7) is 6.31. The molecule has 2 rings (SSSR count). The SMILES string of the molecule is CC(C)CCOC(=O)CC1C(=O)NCCN1C(=O)C(C)Oc1ccc([N+](=O)[O-])cc1. The van der Waals surface area contributed by atoms with Crippen LogP contribution in [0, 0.1) is 16.0 Å². The number of esters is 1. The van der Waals surface area contributed by atoms with E-state index in [2.05, 4.69) is 5.32 Å². The molecule has 0 bridgehead atoms. The number of carbonyl (C=O) groups is 3. The van der Waals surface area contributed by atoms with Gasteiger partial charge in [0.1, 0.15) is 11.8 Å². The minimum atomic E-state index is -0.972. The first-order valence-electron chi connectivity index (χ1n) is 9.84. The van der Waals surface area contributed by atoms with Crippen molar-refractivity contribution in [3.05, 3.63) is 34.4 Å². The Kier molecular flexibility index (Phi) is 8.14. The number of hydrogen-bond acceptors (Lipinski definition) is 7. The maximum atomic E-state index is 12.9. The highest BCUT2D eigenvalue weighted by Gasteiger charge is 2.37. The summed E-state index contributed by atoms with van der Waals surface area (Å²) < 4.78 is 10.8. The average molecular weight is 421 g/mol. The third-order valence-corrected chi connectivity index (χ3v) is 4.64. The summed E-state index contributed by atoms with van der Waals surface area (Å²) in [4.78, 5) is 48.8. The zero-order valence-corrected chi connectivity index (χ0v) is 17.3. The number of rotatable bonds is 9. The number of nitrogens with zero attached hydrogens (tertiary/aromatic N) is 2. The Labute approximate surface area is 174 Å². The Morgan fingerprint density at radius 1 is 1.27 bits per heavy atom. The predicted molar refractivity (Wildman–Crippen MR) is 107 cm³/mol. The van der Waals surface area contributed by atoms with Gasteiger partial charge in [-0.05, 0) is 31.4 Å². The number of nitrogens with one attached hydrogen (secondary N) is 1. The van der Waals surface area contributed by atoms with E-state index < -0.39 is 34.9 Å². The van der Waals surface area contributed by atoms with Crippen LogP contribution in [0.3, 0.4) is 0 Å². The van der Waals surface area contributed by atoms with Gasteiger partial charge < -0.3 is 19.7 Å². The van der Waals surface area contributed by atoms with Crippen LogP contribution < -0.4 is 10.1 Å². The van der Waals surface area contributed by atoms with Gasteiger partial charge in [-0.3, -0.25) is 24.5 Å². The van der Waals surface area contributed by atoms with Crippen molar-refractivity contribution in [2.75, 3.05) is 19.7 Å². The predicted octanol–water partition coefficient (Wildman–Crippen LogP) is 1.67. The van der Waals surface area contributed by atoms with Crippen molar-refractivity contribution < 1.29 is 28.8 Å². The van der Waals surface area contributed by atoms with Crippen LogP contribution in [0.15, 0.2) is 24.3 Å². The van der Waals surface area contributed by atoms with E-state index in [0.717, 1.165) is 0 Å². The Morgan fingerprint density at radius 2 is 1.93 bits per heavy atom. The van der Waals surface area contributed by atoms with Crippen molar-refractivity contribution in [2.45, 2.75) is 45.8 Å². The van der Waals surface area contributed by atoms with Crippen molar-refractivity contribution in [2.24, 2.45) is 5.92 Å². The zero-order chi connectivity index (χ0) is 22.3. The number of ether oxygens (including phenoxy) is 2. The van der Waals surface area contributed by atoms with Crippen molar-refractivity contribution in [1.29, 1.82) is 0 Å². The molecule has 0 aromatic heterocycles. The monoisotopic (exact) mass is 421 g/mol. The Balaban J connectivity index is 2.00. The second-order valence-corrected chi connectivity index (χ2v) is 7.46. The molecule has 0 radical (unpaired) electrons. The molecule has 2 amide bonds. The number of piperazine rings is 1. The molecule has 1 aliphatic heterocycles. The van der Waals surface area contributed by atoms with Gasteiger partial charge in [0.15, 0.2) is 6.10 Å². The maximum Gasteiger partial charge on any atom is 0.308 e. The van der Waals surface area contributed by atoms with E-state index in [9.17, 15) is 24.5 Å². The number of nitro benzene ring substituents is 1. The normalized spacial score (nSPS) is 17.3. The van der Waals surface area contributed by atoms with Crippen LogP contribution in [0.1, 0.15) is 33.6 Å². The summed E-state index contributed by atoms with van der Waals surface area (Å²) in [5.41, 5.74) is -0.0925. The lowest BCUT2D eigenvalue weighted by atomic mass is 10.1. The number of amides is 2. The van der Waals surface area contributed by atoms with Gasteiger partial charge in [-0.2, -0.15) is 0 Å². The highest BCUT2D eigenvalue weighted by molar-refractivity contribution is 5.93. The van der Waals surface area contributed by atoms with Crippen LogP contribution in [-0.4, -0.2) is 59.4 Å². The summed E-state index contributed by atoms with van der Waals surface area (Å²) in [5, 5.41) is 13.4. The van der Waals surface area contributed by atoms with Crippen molar-refractivity contribution in [3.63, 3.8) is 0 Å². The first-order valence-corrected chi connectivity index (χ1v) is 9.84. The highest BCUT2D eigenvalue weighted by Crippen LogP contribution is 2.20. The fourth-order valence-electron chi connectivity index (χ4n) is 2.94. The summed E-state index contributed by atoms with van der Waals surface area (Å²) in [6.07, 6.45) is -0.470. The first kappa shape index (κ1) is 23.1. The van der Waals surface area contributed by atoms with Gasteiger partial charge in [-0.1, -0.05) is 13.8 Å². The lowest BCUT2D eigenvalue weighted by Gasteiger charge is -2.36. The zero-order valence-electron chi connectivity index (χ0n) is 17.3. The third kappa shape index (κ3) is 6.43. The minimum absolute atomic E-state index is 0.0925. The lowest BCUT2D eigenvalue weighted by Crippen LogP contribution is -2.60. The largest absolute Gasteiger partial charge is 0.481 e. The molecule has 10 heteroatoms. The van der Waals surface area contributed by atoms with E-state index in [-0.39, 0.29) is 37.6 Å². The van der Waals surface area contributed by atoms with Crippen LogP contribution in [0.5, 0.6) is 5.75 Å². The molecule has 2 unspecified atom stereocenters. The highest BCUT2D eigenvalue weighted by atomic mass is 16.6. The second-order valence-electron chi connectivity index (χ2n) is 7.46. The van der Waals surface area contributed by atoms with Crippen LogP contribution in [0.4, 0.5) is 5.69 Å². The van der Waals surface area contributed by atoms with Crippen LogP contribution in [0.2, 0.25) is 0 Å². The smallest absolute Gasteiger partial charge is 0.308 e.